The quantitative estimate of drug-likeness (QED) is 0.775. The summed E-state index contributed by atoms with van der Waals surface area (Å²) in [5, 5.41) is 0. The second-order valence-corrected chi connectivity index (χ2v) is 6.47. The third-order valence-corrected chi connectivity index (χ3v) is 4.68. The molecule has 25 heavy (non-hydrogen) atoms. The zero-order chi connectivity index (χ0) is 17.2. The molecule has 0 saturated heterocycles. The molecule has 126 valence electrons. The fraction of sp³-hybridized carbons (Fsp3) is 0.250. The summed E-state index contributed by atoms with van der Waals surface area (Å²) < 4.78 is 0. The molecule has 4 rings (SSSR count). The molecule has 0 bridgehead atoms. The number of hydrogen-bond donors (Lipinski definition) is 1. The molecule has 1 N–H and O–H groups in total. The van der Waals surface area contributed by atoms with Gasteiger partial charge in [-0.3, -0.25) is 9.78 Å². The number of nitrogens with zero attached hydrogens (tertiary/aromatic N) is 3. The van der Waals surface area contributed by atoms with Crippen LogP contribution in [-0.4, -0.2) is 32.8 Å². The maximum Gasteiger partial charge on any atom is 0.254 e. The number of hydrogen-bond acceptors (Lipinski definition) is 3. The van der Waals surface area contributed by atoms with E-state index in [-0.39, 0.29) is 11.9 Å². The summed E-state index contributed by atoms with van der Waals surface area (Å²) in [6, 6.07) is 13.5. The molecule has 1 saturated carbocycles. The zero-order valence-corrected chi connectivity index (χ0v) is 14.1. The molecule has 1 aliphatic rings. The summed E-state index contributed by atoms with van der Waals surface area (Å²) in [7, 11) is 1.87. The molecule has 0 aliphatic heterocycles. The SMILES string of the molecule is CN(C(=O)c1cccc(-c2ncc[nH]2)c1)C(c1ccccn1)C1CC1. The normalized spacial score (nSPS) is 14.9. The molecule has 1 atom stereocenters. The number of aromatic amines is 1. The Morgan fingerprint density at radius 1 is 1.16 bits per heavy atom. The Kier molecular flexibility index (Phi) is 4.06. The van der Waals surface area contributed by atoms with Crippen molar-refractivity contribution in [2.45, 2.75) is 18.9 Å². The molecular weight excluding hydrogens is 312 g/mol. The van der Waals surface area contributed by atoms with Gasteiger partial charge in [-0.05, 0) is 43.0 Å². The lowest BCUT2D eigenvalue weighted by molar-refractivity contribution is 0.0707. The van der Waals surface area contributed by atoms with Crippen LogP contribution in [0.1, 0.15) is 34.9 Å². The number of rotatable bonds is 5. The first-order valence-electron chi connectivity index (χ1n) is 8.52. The van der Waals surface area contributed by atoms with Crippen LogP contribution in [0.15, 0.2) is 61.1 Å². The van der Waals surface area contributed by atoms with Crippen molar-refractivity contribution in [2.24, 2.45) is 5.92 Å². The van der Waals surface area contributed by atoms with Crippen molar-refractivity contribution in [3.05, 3.63) is 72.3 Å². The van der Waals surface area contributed by atoms with E-state index in [9.17, 15) is 4.79 Å². The first kappa shape index (κ1) is 15.6. The van der Waals surface area contributed by atoms with Gasteiger partial charge in [0.15, 0.2) is 0 Å². The summed E-state index contributed by atoms with van der Waals surface area (Å²) in [6.07, 6.45) is 7.57. The monoisotopic (exact) mass is 332 g/mol. The number of carbonyl (C=O) groups excluding carboxylic acids is 1. The van der Waals surface area contributed by atoms with Crippen LogP contribution in [0, 0.1) is 5.92 Å². The van der Waals surface area contributed by atoms with E-state index in [1.54, 1.807) is 18.6 Å². The van der Waals surface area contributed by atoms with Gasteiger partial charge in [-0.1, -0.05) is 18.2 Å². The van der Waals surface area contributed by atoms with Crippen molar-refractivity contribution in [1.29, 1.82) is 0 Å². The van der Waals surface area contributed by atoms with Gasteiger partial charge >= 0.3 is 0 Å². The molecular formula is C20H20N4O. The van der Waals surface area contributed by atoms with Crippen molar-refractivity contribution >= 4 is 5.91 Å². The lowest BCUT2D eigenvalue weighted by Crippen LogP contribution is -2.33. The molecule has 1 unspecified atom stereocenters. The number of pyridine rings is 1. The van der Waals surface area contributed by atoms with Gasteiger partial charge in [-0.25, -0.2) is 4.98 Å². The molecule has 5 nitrogen and oxygen atoms in total. The standard InChI is InChI=1S/C20H20N4O/c1-24(18(14-8-9-14)17-7-2-3-10-21-17)20(25)16-6-4-5-15(13-16)19-22-11-12-23-19/h2-7,10-14,18H,8-9H2,1H3,(H,22,23). The maximum absolute atomic E-state index is 13.1. The Labute approximate surface area is 146 Å². The Morgan fingerprint density at radius 2 is 2.04 bits per heavy atom. The van der Waals surface area contributed by atoms with Gasteiger partial charge < -0.3 is 9.88 Å². The Morgan fingerprint density at radius 3 is 2.72 bits per heavy atom. The lowest BCUT2D eigenvalue weighted by atomic mass is 10.0. The van der Waals surface area contributed by atoms with Crippen LogP contribution in [0.4, 0.5) is 0 Å². The highest BCUT2D eigenvalue weighted by atomic mass is 16.2. The number of H-pyrrole nitrogens is 1. The van der Waals surface area contributed by atoms with Gasteiger partial charge in [0.2, 0.25) is 0 Å². The van der Waals surface area contributed by atoms with Crippen LogP contribution < -0.4 is 0 Å². The van der Waals surface area contributed by atoms with E-state index in [0.29, 0.717) is 11.5 Å². The highest BCUT2D eigenvalue weighted by molar-refractivity contribution is 5.95. The minimum Gasteiger partial charge on any atom is -0.345 e. The Balaban J connectivity index is 1.62. The molecule has 1 amide bonds. The van der Waals surface area contributed by atoms with Gasteiger partial charge in [0, 0.05) is 36.8 Å². The van der Waals surface area contributed by atoms with Crippen LogP contribution in [0.25, 0.3) is 11.4 Å². The van der Waals surface area contributed by atoms with E-state index >= 15 is 0 Å². The Hall–Kier alpha value is -2.95. The molecule has 2 heterocycles. The van der Waals surface area contributed by atoms with E-state index in [1.807, 2.05) is 54.4 Å². The van der Waals surface area contributed by atoms with Crippen molar-refractivity contribution in [3.8, 4) is 11.4 Å². The number of amides is 1. The van der Waals surface area contributed by atoms with Crippen LogP contribution in [0.2, 0.25) is 0 Å². The van der Waals surface area contributed by atoms with E-state index in [1.165, 1.54) is 0 Å². The zero-order valence-electron chi connectivity index (χ0n) is 14.1. The smallest absolute Gasteiger partial charge is 0.254 e. The predicted molar refractivity (Wildman–Crippen MR) is 95.8 cm³/mol. The van der Waals surface area contributed by atoms with Gasteiger partial charge in [0.05, 0.1) is 11.7 Å². The molecule has 1 aromatic carbocycles. The fourth-order valence-corrected chi connectivity index (χ4v) is 3.27. The minimum atomic E-state index is 0.0101. The van der Waals surface area contributed by atoms with Crippen molar-refractivity contribution in [1.82, 2.24) is 19.9 Å². The van der Waals surface area contributed by atoms with Crippen LogP contribution in [0.5, 0.6) is 0 Å². The second-order valence-electron chi connectivity index (χ2n) is 6.47. The average Bonchev–Trinajstić information content (AvgIpc) is 3.33. The lowest BCUT2D eigenvalue weighted by Gasteiger charge is -2.28. The highest BCUT2D eigenvalue weighted by Gasteiger charge is 2.37. The number of benzene rings is 1. The maximum atomic E-state index is 13.1. The number of imidazole rings is 1. The van der Waals surface area contributed by atoms with E-state index in [0.717, 1.165) is 29.9 Å². The molecule has 5 heteroatoms. The molecule has 1 fully saturated rings. The van der Waals surface area contributed by atoms with E-state index in [2.05, 4.69) is 15.0 Å². The molecule has 3 aromatic rings. The minimum absolute atomic E-state index is 0.0101. The van der Waals surface area contributed by atoms with Gasteiger partial charge in [-0.15, -0.1) is 0 Å². The van der Waals surface area contributed by atoms with Gasteiger partial charge in [0.1, 0.15) is 5.82 Å². The fourth-order valence-electron chi connectivity index (χ4n) is 3.27. The number of carbonyl (C=O) groups is 1. The van der Waals surface area contributed by atoms with Crippen LogP contribution in [0.3, 0.4) is 0 Å². The number of aromatic nitrogens is 3. The summed E-state index contributed by atoms with van der Waals surface area (Å²) >= 11 is 0. The highest BCUT2D eigenvalue weighted by Crippen LogP contribution is 2.43. The first-order chi connectivity index (χ1) is 12.2. The van der Waals surface area contributed by atoms with Gasteiger partial charge in [-0.2, -0.15) is 0 Å². The molecule has 1 aliphatic carbocycles. The predicted octanol–water partition coefficient (Wildman–Crippen LogP) is 3.70. The van der Waals surface area contributed by atoms with Crippen LogP contribution >= 0.6 is 0 Å². The molecule has 0 spiro atoms. The summed E-state index contributed by atoms with van der Waals surface area (Å²) in [5.41, 5.74) is 2.53. The molecule has 0 radical (unpaired) electrons. The van der Waals surface area contributed by atoms with Crippen molar-refractivity contribution in [2.75, 3.05) is 7.05 Å². The first-order valence-corrected chi connectivity index (χ1v) is 8.52. The average molecular weight is 332 g/mol. The van der Waals surface area contributed by atoms with Crippen molar-refractivity contribution < 1.29 is 4.79 Å². The van der Waals surface area contributed by atoms with E-state index < -0.39 is 0 Å². The molecule has 2 aromatic heterocycles. The Bertz CT molecular complexity index is 856. The number of nitrogens with one attached hydrogen (secondary N) is 1. The third-order valence-electron chi connectivity index (χ3n) is 4.68. The topological polar surface area (TPSA) is 61.9 Å². The third kappa shape index (κ3) is 3.18. The summed E-state index contributed by atoms with van der Waals surface area (Å²) in [5.74, 6) is 1.27. The largest absolute Gasteiger partial charge is 0.345 e. The summed E-state index contributed by atoms with van der Waals surface area (Å²) in [6.45, 7) is 0. The van der Waals surface area contributed by atoms with E-state index in [4.69, 9.17) is 0 Å². The van der Waals surface area contributed by atoms with Gasteiger partial charge in [0.25, 0.3) is 5.91 Å². The summed E-state index contributed by atoms with van der Waals surface area (Å²) in [4.78, 5) is 26.7. The van der Waals surface area contributed by atoms with Crippen molar-refractivity contribution in [3.63, 3.8) is 0 Å². The second kappa shape index (κ2) is 6.51. The van der Waals surface area contributed by atoms with Crippen LogP contribution in [-0.2, 0) is 0 Å².